The number of para-hydroxylation sites is 3. The molecule has 5 heteroatoms. The Bertz CT molecular complexity index is 2030. The van der Waals surface area contributed by atoms with Gasteiger partial charge in [-0.15, -0.1) is 53.0 Å². The van der Waals surface area contributed by atoms with Crippen LogP contribution in [0.5, 0.6) is 11.5 Å². The molecule has 7 rings (SSSR count). The summed E-state index contributed by atoms with van der Waals surface area (Å²) in [5.41, 5.74) is 8.66. The molecule has 5 aromatic carbocycles. The van der Waals surface area contributed by atoms with Gasteiger partial charge in [-0.2, -0.15) is 36.5 Å². The van der Waals surface area contributed by atoms with Gasteiger partial charge in [0.05, 0.1) is 0 Å². The van der Waals surface area contributed by atoms with Gasteiger partial charge in [0.15, 0.2) is 0 Å². The summed E-state index contributed by atoms with van der Waals surface area (Å²) in [6, 6.07) is 42.5. The second-order valence-corrected chi connectivity index (χ2v) is 13.7. The van der Waals surface area contributed by atoms with Gasteiger partial charge in [-0.25, -0.2) is 0 Å². The molecule has 0 bridgehead atoms. The van der Waals surface area contributed by atoms with Gasteiger partial charge in [-0.3, -0.25) is 0 Å². The third-order valence-corrected chi connectivity index (χ3v) is 8.44. The minimum absolute atomic E-state index is 0. The van der Waals surface area contributed by atoms with E-state index in [0.717, 1.165) is 39.2 Å². The smallest absolute Gasteiger partial charge is 0.509 e. The van der Waals surface area contributed by atoms with Crippen molar-refractivity contribution < 1.29 is 25.8 Å². The Labute approximate surface area is 281 Å². The van der Waals surface area contributed by atoms with Crippen LogP contribution < -0.4 is 14.5 Å². The van der Waals surface area contributed by atoms with E-state index in [1.54, 1.807) is 0 Å². The van der Waals surface area contributed by atoms with Crippen molar-refractivity contribution in [1.29, 1.82) is 0 Å². The van der Waals surface area contributed by atoms with E-state index < -0.39 is 0 Å². The molecule has 0 saturated carbocycles. The van der Waals surface area contributed by atoms with Crippen LogP contribution in [0.4, 0.5) is 17.1 Å². The average Bonchev–Trinajstić information content (AvgIpc) is 3.51. The molecule has 1 aliphatic heterocycles. The molecule has 45 heavy (non-hydrogen) atoms. The first-order chi connectivity index (χ1) is 21.0. The van der Waals surface area contributed by atoms with Gasteiger partial charge in [-0.05, 0) is 41.5 Å². The maximum absolute atomic E-state index is 6.61. The predicted molar refractivity (Wildman–Crippen MR) is 182 cm³/mol. The number of hydrogen-bond acceptors (Lipinski definition) is 3. The summed E-state index contributed by atoms with van der Waals surface area (Å²) >= 11 is 0. The number of aromatic nitrogens is 1. The van der Waals surface area contributed by atoms with E-state index in [2.05, 4.69) is 167 Å². The molecule has 1 aliphatic rings. The summed E-state index contributed by atoms with van der Waals surface area (Å²) < 4.78 is 8.86. The van der Waals surface area contributed by atoms with Crippen LogP contribution in [0, 0.1) is 24.9 Å². The van der Waals surface area contributed by atoms with Crippen molar-refractivity contribution in [2.45, 2.75) is 52.4 Å². The molecule has 0 N–H and O–H groups in total. The van der Waals surface area contributed by atoms with Crippen molar-refractivity contribution in [3.05, 3.63) is 127 Å². The van der Waals surface area contributed by atoms with Crippen LogP contribution in [-0.2, 0) is 31.9 Å². The van der Waals surface area contributed by atoms with Crippen LogP contribution in [0.1, 0.15) is 52.7 Å². The molecule has 2 heterocycles. The van der Waals surface area contributed by atoms with E-state index in [9.17, 15) is 0 Å². The van der Waals surface area contributed by atoms with Crippen molar-refractivity contribution in [3.63, 3.8) is 0 Å². The summed E-state index contributed by atoms with van der Waals surface area (Å²) in [5.74, 6) is 1.30. The van der Waals surface area contributed by atoms with Crippen molar-refractivity contribution in [3.8, 4) is 17.2 Å². The summed E-state index contributed by atoms with van der Waals surface area (Å²) in [5, 5.41) is 2.30. The minimum atomic E-state index is -0.0822. The standard InChI is InChI=1S/C40H37N3O.Pt/c1-39(2,3)27-13-12-14-29(21-27)43-35-16-9-8-15-33(35)34-20-19-31(25-38(34)43)44-32-23-28(40(4,5)6)22-30(24-32)42-26-41(7)36-17-10-11-18-37(36)42;/h8-13,15-23,26H,1-7H3;/q-4;+4. The average molecular weight is 771 g/mol. The fourth-order valence-corrected chi connectivity index (χ4v) is 5.95. The maximum atomic E-state index is 6.61. The monoisotopic (exact) mass is 770 g/mol. The normalized spacial score (nSPS) is 13.3. The van der Waals surface area contributed by atoms with Crippen LogP contribution in [-0.4, -0.2) is 11.6 Å². The van der Waals surface area contributed by atoms with E-state index in [-0.39, 0.29) is 31.9 Å². The number of rotatable bonds is 4. The molecule has 6 aromatic rings. The van der Waals surface area contributed by atoms with Gasteiger partial charge in [0, 0.05) is 28.4 Å². The van der Waals surface area contributed by atoms with Gasteiger partial charge in [0.25, 0.3) is 0 Å². The van der Waals surface area contributed by atoms with Gasteiger partial charge in [0.2, 0.25) is 0 Å². The van der Waals surface area contributed by atoms with Crippen LogP contribution in [0.25, 0.3) is 27.5 Å². The summed E-state index contributed by atoms with van der Waals surface area (Å²) in [6.07, 6.45) is 0. The number of anilines is 3. The van der Waals surface area contributed by atoms with Gasteiger partial charge in [0.1, 0.15) is 0 Å². The first kappa shape index (κ1) is 31.0. The van der Waals surface area contributed by atoms with Gasteiger partial charge in [-0.1, -0.05) is 83.1 Å². The molecular weight excluding hydrogens is 734 g/mol. The molecule has 0 unspecified atom stereocenters. The Morgan fingerprint density at radius 2 is 1.36 bits per heavy atom. The molecule has 0 aliphatic carbocycles. The Morgan fingerprint density at radius 1 is 0.667 bits per heavy atom. The molecule has 0 saturated heterocycles. The molecule has 0 spiro atoms. The predicted octanol–water partition coefficient (Wildman–Crippen LogP) is 10.3. The zero-order valence-electron chi connectivity index (χ0n) is 26.8. The summed E-state index contributed by atoms with van der Waals surface area (Å²) in [4.78, 5) is 4.32. The van der Waals surface area contributed by atoms with Crippen LogP contribution >= 0.6 is 0 Å². The molecule has 228 valence electrons. The third-order valence-electron chi connectivity index (χ3n) is 8.44. The molecule has 0 amide bonds. The number of fused-ring (bicyclic) bond motifs is 4. The SMILES string of the molecule is CN1[CH-]N(c2[c-]c(Oc3[c-]c4c(cc3)c3ccccc3n4-c3[c-]ccc(C(C)(C)C)c3)cc(C(C)(C)C)c2)c2ccccc21.[Pt+4]. The Morgan fingerprint density at radius 3 is 2.11 bits per heavy atom. The quantitative estimate of drug-likeness (QED) is 0.167. The first-order valence-electron chi connectivity index (χ1n) is 15.2. The molecular formula is C40H37N3OPt. The maximum Gasteiger partial charge on any atom is 4.00 e. The van der Waals surface area contributed by atoms with E-state index in [1.807, 2.05) is 12.1 Å². The fraction of sp³-hybridized carbons (Fsp3) is 0.225. The summed E-state index contributed by atoms with van der Waals surface area (Å²) in [7, 11) is 2.07. The van der Waals surface area contributed by atoms with Gasteiger partial charge >= 0.3 is 21.1 Å². The minimum Gasteiger partial charge on any atom is -0.509 e. The molecule has 0 fully saturated rings. The summed E-state index contributed by atoms with van der Waals surface area (Å²) in [6.45, 7) is 15.5. The molecule has 0 radical (unpaired) electrons. The fourth-order valence-electron chi connectivity index (χ4n) is 5.95. The van der Waals surface area contributed by atoms with Crippen molar-refractivity contribution in [2.24, 2.45) is 0 Å². The first-order valence-corrected chi connectivity index (χ1v) is 15.2. The Kier molecular flexibility index (Phi) is 7.86. The van der Waals surface area contributed by atoms with Crippen LogP contribution in [0.2, 0.25) is 0 Å². The number of nitrogens with zero attached hydrogens (tertiary/aromatic N) is 3. The molecule has 0 atom stereocenters. The van der Waals surface area contributed by atoms with E-state index in [4.69, 9.17) is 4.74 Å². The zero-order valence-corrected chi connectivity index (χ0v) is 29.1. The largest absolute Gasteiger partial charge is 4.00 e. The van der Waals surface area contributed by atoms with E-state index >= 15 is 0 Å². The van der Waals surface area contributed by atoms with Crippen molar-refractivity contribution in [2.75, 3.05) is 16.8 Å². The molecule has 4 nitrogen and oxygen atoms in total. The zero-order chi connectivity index (χ0) is 30.8. The second kappa shape index (κ2) is 11.4. The second-order valence-electron chi connectivity index (χ2n) is 13.7. The third kappa shape index (κ3) is 5.66. The Balaban J connectivity index is 0.00000357. The van der Waals surface area contributed by atoms with Crippen LogP contribution in [0.15, 0.2) is 91.0 Å². The van der Waals surface area contributed by atoms with Gasteiger partial charge < -0.3 is 19.1 Å². The van der Waals surface area contributed by atoms with E-state index in [1.165, 1.54) is 16.5 Å². The van der Waals surface area contributed by atoms with Crippen LogP contribution in [0.3, 0.4) is 0 Å². The van der Waals surface area contributed by atoms with Crippen molar-refractivity contribution >= 4 is 38.9 Å². The van der Waals surface area contributed by atoms with Crippen molar-refractivity contribution in [1.82, 2.24) is 4.57 Å². The Hall–Kier alpha value is -4.01. The topological polar surface area (TPSA) is 20.6 Å². The van der Waals surface area contributed by atoms with E-state index in [0.29, 0.717) is 11.5 Å². The number of hydrogen-bond donors (Lipinski definition) is 0. The number of ether oxygens (including phenoxy) is 1. The number of benzene rings is 5. The molecule has 1 aromatic heterocycles.